The van der Waals surface area contributed by atoms with Crippen LogP contribution in [-0.4, -0.2) is 4.98 Å². The van der Waals surface area contributed by atoms with Gasteiger partial charge in [-0.3, -0.25) is 4.79 Å². The molecule has 0 aliphatic rings. The number of rotatable bonds is 8. The van der Waals surface area contributed by atoms with E-state index in [0.29, 0.717) is 16.8 Å². The van der Waals surface area contributed by atoms with E-state index in [0.717, 1.165) is 42.5 Å². The number of aryl methyl sites for hydroxylation is 1. The van der Waals surface area contributed by atoms with Crippen molar-refractivity contribution in [3.8, 4) is 0 Å². The third-order valence-corrected chi connectivity index (χ3v) is 5.29. The Bertz CT molecular complexity index is 972. The molecule has 0 fully saturated rings. The van der Waals surface area contributed by atoms with Crippen LogP contribution in [0.15, 0.2) is 57.9 Å². The summed E-state index contributed by atoms with van der Waals surface area (Å²) in [4.78, 5) is 16.1. The zero-order valence-electron chi connectivity index (χ0n) is 17.8. The summed E-state index contributed by atoms with van der Waals surface area (Å²) in [6.07, 6.45) is 11.8. The van der Waals surface area contributed by atoms with E-state index >= 15 is 0 Å². The molecule has 3 heteroatoms. The number of H-pyrrole nitrogens is 1. The minimum atomic E-state index is 0.0991. The van der Waals surface area contributed by atoms with E-state index in [9.17, 15) is 4.79 Å². The molecule has 0 radical (unpaired) electrons. The maximum atomic E-state index is 12.8. The average Bonchev–Trinajstić information content (AvgIpc) is 2.60. The van der Waals surface area contributed by atoms with Gasteiger partial charge in [-0.2, -0.15) is 0 Å². The predicted octanol–water partition coefficient (Wildman–Crippen LogP) is 7.45. The van der Waals surface area contributed by atoms with E-state index in [-0.39, 0.29) is 5.43 Å². The third-order valence-electron chi connectivity index (χ3n) is 5.05. The number of aromatic amines is 1. The Morgan fingerprint density at radius 3 is 2.32 bits per heavy atom. The number of pyridine rings is 1. The van der Waals surface area contributed by atoms with Gasteiger partial charge in [0, 0.05) is 21.7 Å². The molecule has 0 saturated heterocycles. The molecule has 1 aromatic heterocycles. The van der Waals surface area contributed by atoms with E-state index in [1.165, 1.54) is 16.7 Å². The first-order chi connectivity index (χ1) is 13.3. The Labute approximate surface area is 174 Å². The van der Waals surface area contributed by atoms with Crippen molar-refractivity contribution >= 4 is 22.5 Å². The summed E-state index contributed by atoms with van der Waals surface area (Å²) >= 11 is 6.04. The molecule has 0 aliphatic heterocycles. The van der Waals surface area contributed by atoms with Crippen molar-refractivity contribution in [3.05, 3.63) is 79.6 Å². The largest absolute Gasteiger partial charge is 0.358 e. The number of fused-ring (bicyclic) bond motifs is 1. The maximum Gasteiger partial charge on any atom is 0.193 e. The van der Waals surface area contributed by atoms with Gasteiger partial charge in [0.25, 0.3) is 0 Å². The number of nitrogens with one attached hydrogen (secondary N) is 1. The molecule has 0 unspecified atom stereocenters. The molecule has 0 amide bonds. The van der Waals surface area contributed by atoms with Crippen molar-refractivity contribution in [3.63, 3.8) is 0 Å². The summed E-state index contributed by atoms with van der Waals surface area (Å²) in [6, 6.07) is 5.38. The van der Waals surface area contributed by atoms with Gasteiger partial charge >= 0.3 is 0 Å². The van der Waals surface area contributed by atoms with E-state index in [4.69, 9.17) is 11.6 Å². The highest BCUT2D eigenvalue weighted by molar-refractivity contribution is 6.31. The van der Waals surface area contributed by atoms with Gasteiger partial charge in [0.15, 0.2) is 5.43 Å². The molecule has 2 nitrogen and oxygen atoms in total. The summed E-state index contributed by atoms with van der Waals surface area (Å²) in [5, 5.41) is 1.33. The number of hydrogen-bond acceptors (Lipinski definition) is 1. The Hall–Kier alpha value is -2.06. The molecule has 1 aromatic carbocycles. The second-order valence-electron chi connectivity index (χ2n) is 7.91. The van der Waals surface area contributed by atoms with Gasteiger partial charge in [0.05, 0.1) is 5.52 Å². The zero-order chi connectivity index (χ0) is 20.7. The third kappa shape index (κ3) is 6.53. The van der Waals surface area contributed by atoms with E-state index in [1.807, 2.05) is 13.0 Å². The fraction of sp³-hybridized carbons (Fsp3) is 0.400. The molecule has 2 rings (SSSR count). The summed E-state index contributed by atoms with van der Waals surface area (Å²) in [6.45, 7) is 10.6. The van der Waals surface area contributed by atoms with Crippen LogP contribution in [0.4, 0.5) is 0 Å². The Kier molecular flexibility index (Phi) is 8.32. The van der Waals surface area contributed by atoms with Crippen LogP contribution in [0, 0.1) is 6.92 Å². The highest BCUT2D eigenvalue weighted by atomic mass is 35.5. The zero-order valence-corrected chi connectivity index (χ0v) is 18.5. The molecule has 1 heterocycles. The van der Waals surface area contributed by atoms with Crippen LogP contribution in [0.25, 0.3) is 10.9 Å². The molecule has 0 atom stereocenters. The van der Waals surface area contributed by atoms with Crippen LogP contribution in [0.2, 0.25) is 5.02 Å². The minimum absolute atomic E-state index is 0.0991. The second kappa shape index (κ2) is 10.5. The topological polar surface area (TPSA) is 32.9 Å². The number of benzene rings is 1. The first-order valence-corrected chi connectivity index (χ1v) is 10.4. The first kappa shape index (κ1) is 22.2. The highest BCUT2D eigenvalue weighted by Gasteiger charge is 2.08. The van der Waals surface area contributed by atoms with Crippen LogP contribution >= 0.6 is 11.6 Å². The van der Waals surface area contributed by atoms with Crippen molar-refractivity contribution in [1.82, 2.24) is 4.98 Å². The van der Waals surface area contributed by atoms with E-state index in [1.54, 1.807) is 12.1 Å². The van der Waals surface area contributed by atoms with Gasteiger partial charge in [-0.15, -0.1) is 0 Å². The lowest BCUT2D eigenvalue weighted by Gasteiger charge is -2.07. The molecule has 28 heavy (non-hydrogen) atoms. The van der Waals surface area contributed by atoms with Gasteiger partial charge in [0.1, 0.15) is 0 Å². The first-order valence-electron chi connectivity index (χ1n) is 10.0. The van der Waals surface area contributed by atoms with Crippen LogP contribution < -0.4 is 5.43 Å². The monoisotopic (exact) mass is 397 g/mol. The van der Waals surface area contributed by atoms with Gasteiger partial charge in [-0.05, 0) is 84.9 Å². The molecule has 150 valence electrons. The Morgan fingerprint density at radius 2 is 1.64 bits per heavy atom. The summed E-state index contributed by atoms with van der Waals surface area (Å²) in [5.41, 5.74) is 6.80. The lowest BCUT2D eigenvalue weighted by molar-refractivity contribution is 0.913. The predicted molar refractivity (Wildman–Crippen MR) is 123 cm³/mol. The average molecular weight is 398 g/mol. The lowest BCUT2D eigenvalue weighted by Crippen LogP contribution is -2.12. The van der Waals surface area contributed by atoms with Crippen LogP contribution in [-0.2, 0) is 6.42 Å². The minimum Gasteiger partial charge on any atom is -0.358 e. The molecule has 0 aliphatic carbocycles. The molecule has 0 bridgehead atoms. The molecular weight excluding hydrogens is 366 g/mol. The number of aromatic nitrogens is 1. The summed E-state index contributed by atoms with van der Waals surface area (Å²) in [5.74, 6) is 0. The molecule has 0 saturated carbocycles. The van der Waals surface area contributed by atoms with Crippen LogP contribution in [0.5, 0.6) is 0 Å². The maximum absolute atomic E-state index is 12.8. The van der Waals surface area contributed by atoms with Crippen molar-refractivity contribution in [1.29, 1.82) is 0 Å². The number of hydrogen-bond donors (Lipinski definition) is 1. The molecule has 0 spiro atoms. The highest BCUT2D eigenvalue weighted by Crippen LogP contribution is 2.18. The lowest BCUT2D eigenvalue weighted by atomic mass is 10.0. The van der Waals surface area contributed by atoms with E-state index < -0.39 is 0 Å². The molecular formula is C25H32ClNO. The standard InChI is InChI=1S/C25H32ClNO/c1-17(2)8-6-9-18(3)10-7-11-19(4)12-14-22-20(5)27-24-16-21(26)13-15-23(24)25(22)28/h8,10,12-13,15-16H,6-7,9,11,14H2,1-5H3,(H,27,28)/b18-10+,19-12+. The number of allylic oxidation sites excluding steroid dienone is 6. The second-order valence-corrected chi connectivity index (χ2v) is 8.35. The Balaban J connectivity index is 2.00. The molecule has 1 N–H and O–H groups in total. The summed E-state index contributed by atoms with van der Waals surface area (Å²) < 4.78 is 0. The van der Waals surface area contributed by atoms with Crippen LogP contribution in [0.3, 0.4) is 0 Å². The number of halogens is 1. The fourth-order valence-electron chi connectivity index (χ4n) is 3.29. The molecule has 2 aromatic rings. The fourth-order valence-corrected chi connectivity index (χ4v) is 3.46. The van der Waals surface area contributed by atoms with E-state index in [2.05, 4.69) is 50.9 Å². The SMILES string of the molecule is CC(C)=CCC/C(C)=C/CC/C(C)=C/Cc1c(C)[nH]c2cc(Cl)ccc2c1=O. The Morgan fingerprint density at radius 1 is 1.00 bits per heavy atom. The van der Waals surface area contributed by atoms with Gasteiger partial charge in [0.2, 0.25) is 0 Å². The van der Waals surface area contributed by atoms with Gasteiger partial charge in [-0.1, -0.05) is 46.5 Å². The van der Waals surface area contributed by atoms with Gasteiger partial charge in [-0.25, -0.2) is 0 Å². The van der Waals surface area contributed by atoms with Crippen molar-refractivity contribution in [2.45, 2.75) is 66.7 Å². The van der Waals surface area contributed by atoms with Crippen LogP contribution in [0.1, 0.15) is 64.6 Å². The normalized spacial score (nSPS) is 12.5. The van der Waals surface area contributed by atoms with Crippen molar-refractivity contribution in [2.75, 3.05) is 0 Å². The van der Waals surface area contributed by atoms with Crippen molar-refractivity contribution in [2.24, 2.45) is 0 Å². The quantitative estimate of drug-likeness (QED) is 0.461. The smallest absolute Gasteiger partial charge is 0.193 e. The summed E-state index contributed by atoms with van der Waals surface area (Å²) in [7, 11) is 0. The van der Waals surface area contributed by atoms with Gasteiger partial charge < -0.3 is 4.98 Å². The van der Waals surface area contributed by atoms with Crippen molar-refractivity contribution < 1.29 is 0 Å².